The number of fused-ring (bicyclic) bond motifs is 1. The molecule has 0 bridgehead atoms. The highest BCUT2D eigenvalue weighted by molar-refractivity contribution is 7.17. The van der Waals surface area contributed by atoms with Gasteiger partial charge < -0.3 is 9.84 Å². The molecule has 134 valence electrons. The van der Waals surface area contributed by atoms with Crippen molar-refractivity contribution < 1.29 is 19.4 Å². The number of benzene rings is 2. The first-order valence-corrected chi connectivity index (χ1v) is 9.39. The summed E-state index contributed by atoms with van der Waals surface area (Å²) in [6.07, 6.45) is 0.456. The minimum Gasteiger partial charge on any atom is -0.481 e. The maximum absolute atomic E-state index is 12.4. The molecule has 1 aromatic heterocycles. The average Bonchev–Trinajstić information content (AvgIpc) is 3.06. The molecule has 0 fully saturated rings. The van der Waals surface area contributed by atoms with E-state index in [1.54, 1.807) is 18.3 Å². The van der Waals surface area contributed by atoms with Crippen molar-refractivity contribution in [2.45, 2.75) is 19.3 Å². The van der Waals surface area contributed by atoms with E-state index in [0.717, 1.165) is 21.2 Å². The van der Waals surface area contributed by atoms with Crippen LogP contribution >= 0.6 is 11.3 Å². The fraction of sp³-hybridized carbons (Fsp3) is 0.238. The number of esters is 1. The molecule has 5 heteroatoms. The molecular weight excluding hydrogens is 348 g/mol. The third kappa shape index (κ3) is 3.78. The maximum atomic E-state index is 12.4. The summed E-state index contributed by atoms with van der Waals surface area (Å²) in [7, 11) is 0. The molecule has 1 N–H and O–H groups in total. The number of thiophene rings is 1. The Morgan fingerprint density at radius 2 is 1.77 bits per heavy atom. The molecule has 4 nitrogen and oxygen atoms in total. The summed E-state index contributed by atoms with van der Waals surface area (Å²) >= 11 is 1.56. The predicted molar refractivity (Wildman–Crippen MR) is 102 cm³/mol. The Labute approximate surface area is 156 Å². The van der Waals surface area contributed by atoms with Gasteiger partial charge in [0.05, 0.1) is 6.61 Å². The van der Waals surface area contributed by atoms with Crippen molar-refractivity contribution in [1.82, 2.24) is 0 Å². The van der Waals surface area contributed by atoms with Crippen molar-refractivity contribution in [1.29, 1.82) is 0 Å². The highest BCUT2D eigenvalue weighted by atomic mass is 32.1. The van der Waals surface area contributed by atoms with Gasteiger partial charge in [-0.3, -0.25) is 9.59 Å². The molecule has 2 aromatic carbocycles. The van der Waals surface area contributed by atoms with E-state index in [-0.39, 0.29) is 6.61 Å². The van der Waals surface area contributed by atoms with Gasteiger partial charge in [-0.15, -0.1) is 11.3 Å². The number of hydrogen-bond donors (Lipinski definition) is 1. The fourth-order valence-electron chi connectivity index (χ4n) is 3.23. The number of carbonyl (C=O) groups is 2. The lowest BCUT2D eigenvalue weighted by Crippen LogP contribution is -2.32. The third-order valence-corrected chi connectivity index (χ3v) is 5.40. The van der Waals surface area contributed by atoms with Gasteiger partial charge in [0.2, 0.25) is 0 Å². The first kappa shape index (κ1) is 18.1. The molecule has 2 unspecified atom stereocenters. The summed E-state index contributed by atoms with van der Waals surface area (Å²) in [6.45, 7) is 1.84. The van der Waals surface area contributed by atoms with Gasteiger partial charge in [-0.2, -0.15) is 0 Å². The van der Waals surface area contributed by atoms with Gasteiger partial charge in [0.1, 0.15) is 0 Å². The number of aliphatic carboxylic acids is 1. The molecule has 0 aliphatic rings. The summed E-state index contributed by atoms with van der Waals surface area (Å²) < 4.78 is 6.16. The van der Waals surface area contributed by atoms with E-state index in [9.17, 15) is 14.7 Å². The fourth-order valence-corrected chi connectivity index (χ4v) is 4.26. The van der Waals surface area contributed by atoms with Gasteiger partial charge in [0.15, 0.2) is 5.92 Å². The molecule has 0 spiro atoms. The molecule has 1 heterocycles. The van der Waals surface area contributed by atoms with Crippen LogP contribution in [0.5, 0.6) is 0 Å². The summed E-state index contributed by atoms with van der Waals surface area (Å²) in [5.41, 5.74) is 1.87. The van der Waals surface area contributed by atoms with Gasteiger partial charge in [0, 0.05) is 10.6 Å². The second-order valence-corrected chi connectivity index (χ2v) is 6.96. The molecule has 0 saturated heterocycles. The standard InChI is InChI=1S/C21H20O4S/c1-2-25-21(24)19(20(22)23)16(12-14-8-4-3-5-9-14)17-13-26-18-11-7-6-10-15(17)18/h3-11,13,16,19H,2,12H2,1H3,(H,22,23). The van der Waals surface area contributed by atoms with Crippen LogP contribution in [0.4, 0.5) is 0 Å². The predicted octanol–water partition coefficient (Wildman–Crippen LogP) is 4.49. The second-order valence-electron chi connectivity index (χ2n) is 6.05. The quantitative estimate of drug-likeness (QED) is 0.493. The molecule has 26 heavy (non-hydrogen) atoms. The van der Waals surface area contributed by atoms with Gasteiger partial charge in [0.25, 0.3) is 0 Å². The lowest BCUT2D eigenvalue weighted by Gasteiger charge is -2.23. The lowest BCUT2D eigenvalue weighted by molar-refractivity contribution is -0.159. The molecule has 0 aliphatic heterocycles. The summed E-state index contributed by atoms with van der Waals surface area (Å²) in [6, 6.07) is 17.5. The maximum Gasteiger partial charge on any atom is 0.320 e. The molecule has 3 aromatic rings. The summed E-state index contributed by atoms with van der Waals surface area (Å²) in [5, 5.41) is 12.8. The Morgan fingerprint density at radius 1 is 1.08 bits per heavy atom. The van der Waals surface area contributed by atoms with Gasteiger partial charge in [-0.25, -0.2) is 0 Å². The largest absolute Gasteiger partial charge is 0.481 e. The molecule has 2 atom stereocenters. The highest BCUT2D eigenvalue weighted by Crippen LogP contribution is 2.38. The molecule has 0 aliphatic carbocycles. The number of carboxylic acids is 1. The van der Waals surface area contributed by atoms with Crippen LogP contribution in [-0.4, -0.2) is 23.7 Å². The number of carbonyl (C=O) groups excluding carboxylic acids is 1. The number of ether oxygens (including phenoxy) is 1. The van der Waals surface area contributed by atoms with E-state index >= 15 is 0 Å². The van der Waals surface area contributed by atoms with E-state index in [4.69, 9.17) is 4.74 Å². The highest BCUT2D eigenvalue weighted by Gasteiger charge is 2.38. The molecular formula is C21H20O4S. The van der Waals surface area contributed by atoms with Gasteiger partial charge in [-0.1, -0.05) is 48.5 Å². The van der Waals surface area contributed by atoms with Crippen LogP contribution in [0.2, 0.25) is 0 Å². The van der Waals surface area contributed by atoms with E-state index in [0.29, 0.717) is 6.42 Å². The third-order valence-electron chi connectivity index (χ3n) is 4.42. The number of carboxylic acid groups (broad SMARTS) is 1. The molecule has 0 saturated carbocycles. The van der Waals surface area contributed by atoms with E-state index < -0.39 is 23.8 Å². The van der Waals surface area contributed by atoms with Gasteiger partial charge in [-0.05, 0) is 41.3 Å². The number of hydrogen-bond acceptors (Lipinski definition) is 4. The van der Waals surface area contributed by atoms with E-state index in [1.807, 2.05) is 60.0 Å². The molecule has 3 rings (SSSR count). The van der Waals surface area contributed by atoms with Crippen molar-refractivity contribution in [3.05, 3.63) is 71.1 Å². The normalized spacial score (nSPS) is 13.3. The van der Waals surface area contributed by atoms with Crippen molar-refractivity contribution in [2.24, 2.45) is 5.92 Å². The van der Waals surface area contributed by atoms with Crippen LogP contribution in [-0.2, 0) is 20.7 Å². The lowest BCUT2D eigenvalue weighted by atomic mass is 9.81. The van der Waals surface area contributed by atoms with Crippen molar-refractivity contribution in [3.8, 4) is 0 Å². The first-order valence-electron chi connectivity index (χ1n) is 8.51. The SMILES string of the molecule is CCOC(=O)C(C(=O)O)C(Cc1ccccc1)c1csc2ccccc12. The van der Waals surface area contributed by atoms with Crippen LogP contribution in [0, 0.1) is 5.92 Å². The molecule has 0 amide bonds. The van der Waals surface area contributed by atoms with Crippen molar-refractivity contribution in [2.75, 3.05) is 6.61 Å². The minimum atomic E-state index is -1.24. The zero-order valence-corrected chi connectivity index (χ0v) is 15.2. The zero-order chi connectivity index (χ0) is 18.5. The van der Waals surface area contributed by atoms with Crippen molar-refractivity contribution in [3.63, 3.8) is 0 Å². The smallest absolute Gasteiger partial charge is 0.320 e. The Hall–Kier alpha value is -2.66. The van der Waals surface area contributed by atoms with Crippen LogP contribution < -0.4 is 0 Å². The average molecular weight is 368 g/mol. The van der Waals surface area contributed by atoms with Crippen molar-refractivity contribution >= 4 is 33.4 Å². The van der Waals surface area contributed by atoms with Crippen LogP contribution in [0.1, 0.15) is 24.0 Å². The van der Waals surface area contributed by atoms with Crippen LogP contribution in [0.15, 0.2) is 60.0 Å². The monoisotopic (exact) mass is 368 g/mol. The Bertz CT molecular complexity index is 901. The Kier molecular flexibility index (Phi) is 5.68. The van der Waals surface area contributed by atoms with E-state index in [1.165, 1.54) is 0 Å². The Balaban J connectivity index is 2.08. The van der Waals surface area contributed by atoms with Crippen LogP contribution in [0.25, 0.3) is 10.1 Å². The van der Waals surface area contributed by atoms with Crippen LogP contribution in [0.3, 0.4) is 0 Å². The van der Waals surface area contributed by atoms with E-state index in [2.05, 4.69) is 0 Å². The Morgan fingerprint density at radius 3 is 2.46 bits per heavy atom. The second kappa shape index (κ2) is 8.15. The summed E-state index contributed by atoms with van der Waals surface area (Å²) in [4.78, 5) is 24.4. The zero-order valence-electron chi connectivity index (χ0n) is 14.4. The summed E-state index contributed by atoms with van der Waals surface area (Å²) in [5.74, 6) is -3.57. The van der Waals surface area contributed by atoms with Gasteiger partial charge >= 0.3 is 11.9 Å². The first-order chi connectivity index (χ1) is 12.6. The number of rotatable bonds is 7. The topological polar surface area (TPSA) is 63.6 Å². The minimum absolute atomic E-state index is 0.158. The molecule has 0 radical (unpaired) electrons.